The number of morpholine rings is 1. The van der Waals surface area contributed by atoms with E-state index >= 15 is 0 Å². The number of ketones is 2. The van der Waals surface area contributed by atoms with E-state index in [2.05, 4.69) is 17.0 Å². The quantitative estimate of drug-likeness (QED) is 0.400. The molecule has 2 fully saturated rings. The van der Waals surface area contributed by atoms with Crippen molar-refractivity contribution in [2.75, 3.05) is 31.2 Å². The Balaban J connectivity index is 1.17. The van der Waals surface area contributed by atoms with Gasteiger partial charge in [-0.25, -0.2) is 0 Å². The van der Waals surface area contributed by atoms with Crippen LogP contribution < -0.4 is 4.90 Å². The fourth-order valence-corrected chi connectivity index (χ4v) is 4.51. The predicted octanol–water partition coefficient (Wildman–Crippen LogP) is 5.52. The minimum Gasteiger partial charge on any atom is -0.378 e. The Morgan fingerprint density at radius 2 is 1.29 bits per heavy atom. The zero-order chi connectivity index (χ0) is 23.3. The van der Waals surface area contributed by atoms with E-state index < -0.39 is 0 Å². The molecular formula is C30H31NO3. The molecule has 0 radical (unpaired) electrons. The molecule has 1 saturated carbocycles. The average molecular weight is 454 g/mol. The number of benzene rings is 3. The van der Waals surface area contributed by atoms with Crippen molar-refractivity contribution in [1.82, 2.24) is 0 Å². The summed E-state index contributed by atoms with van der Waals surface area (Å²) in [5.74, 6) is 1.01. The number of hydrogen-bond acceptors (Lipinski definition) is 4. The van der Waals surface area contributed by atoms with E-state index in [-0.39, 0.29) is 11.6 Å². The highest BCUT2D eigenvalue weighted by Crippen LogP contribution is 2.33. The fourth-order valence-electron chi connectivity index (χ4n) is 4.51. The molecule has 174 valence electrons. The first-order valence-corrected chi connectivity index (χ1v) is 12.3. The average Bonchev–Trinajstić information content (AvgIpc) is 3.73. The van der Waals surface area contributed by atoms with Crippen LogP contribution in [-0.4, -0.2) is 37.9 Å². The number of carbonyl (C=O) groups excluding carboxylic acids is 2. The molecule has 0 N–H and O–H groups in total. The van der Waals surface area contributed by atoms with E-state index in [0.29, 0.717) is 23.1 Å². The van der Waals surface area contributed by atoms with Crippen molar-refractivity contribution in [3.63, 3.8) is 0 Å². The second-order valence-electron chi connectivity index (χ2n) is 9.45. The third kappa shape index (κ3) is 5.63. The van der Waals surface area contributed by atoms with Crippen LogP contribution >= 0.6 is 0 Å². The minimum absolute atomic E-state index is 0.0188. The van der Waals surface area contributed by atoms with Gasteiger partial charge in [-0.1, -0.05) is 61.4 Å². The highest BCUT2D eigenvalue weighted by molar-refractivity contribution is 6.09. The molecule has 1 saturated heterocycles. The van der Waals surface area contributed by atoms with Gasteiger partial charge in [0.15, 0.2) is 11.6 Å². The molecule has 0 atom stereocenters. The van der Waals surface area contributed by atoms with Gasteiger partial charge in [-0.05, 0) is 54.2 Å². The zero-order valence-corrected chi connectivity index (χ0v) is 19.5. The van der Waals surface area contributed by atoms with Crippen LogP contribution in [0.2, 0.25) is 0 Å². The van der Waals surface area contributed by atoms with Crippen molar-refractivity contribution < 1.29 is 14.3 Å². The van der Waals surface area contributed by atoms with E-state index in [9.17, 15) is 9.59 Å². The van der Waals surface area contributed by atoms with Crippen LogP contribution in [0.15, 0.2) is 72.8 Å². The zero-order valence-electron chi connectivity index (χ0n) is 19.5. The Bertz CT molecular complexity index is 1120. The molecule has 0 unspecified atom stereocenters. The molecule has 4 heteroatoms. The van der Waals surface area contributed by atoms with Gasteiger partial charge in [-0.2, -0.15) is 0 Å². The van der Waals surface area contributed by atoms with Gasteiger partial charge >= 0.3 is 0 Å². The Morgan fingerprint density at radius 3 is 1.88 bits per heavy atom. The van der Waals surface area contributed by atoms with Crippen LogP contribution in [0.25, 0.3) is 0 Å². The minimum atomic E-state index is 0.0188. The van der Waals surface area contributed by atoms with Crippen molar-refractivity contribution in [3.8, 4) is 0 Å². The van der Waals surface area contributed by atoms with E-state index in [0.717, 1.165) is 49.9 Å². The molecule has 34 heavy (non-hydrogen) atoms. The number of hydrogen-bond donors (Lipinski definition) is 0. The lowest BCUT2D eigenvalue weighted by Gasteiger charge is -2.28. The number of ether oxygens (including phenoxy) is 1. The summed E-state index contributed by atoms with van der Waals surface area (Å²) in [4.78, 5) is 27.9. The first kappa shape index (κ1) is 22.5. The first-order chi connectivity index (χ1) is 16.7. The lowest BCUT2D eigenvalue weighted by atomic mass is 9.97. The lowest BCUT2D eigenvalue weighted by Crippen LogP contribution is -2.36. The molecule has 2 aliphatic rings. The molecule has 0 aromatic heterocycles. The number of aryl methyl sites for hydroxylation is 1. The van der Waals surface area contributed by atoms with Crippen molar-refractivity contribution in [2.24, 2.45) is 5.92 Å². The Labute approximate surface area is 201 Å². The summed E-state index contributed by atoms with van der Waals surface area (Å²) < 4.78 is 5.40. The van der Waals surface area contributed by atoms with Gasteiger partial charge in [-0.15, -0.1) is 0 Å². The maximum Gasteiger partial charge on any atom is 0.193 e. The van der Waals surface area contributed by atoms with Gasteiger partial charge in [0, 0.05) is 41.9 Å². The van der Waals surface area contributed by atoms with Gasteiger partial charge in [0.05, 0.1) is 13.2 Å². The van der Waals surface area contributed by atoms with Crippen LogP contribution in [0.5, 0.6) is 0 Å². The largest absolute Gasteiger partial charge is 0.378 e. The van der Waals surface area contributed by atoms with Gasteiger partial charge in [-0.3, -0.25) is 9.59 Å². The van der Waals surface area contributed by atoms with Crippen LogP contribution in [0, 0.1) is 5.92 Å². The van der Waals surface area contributed by atoms with Crippen LogP contribution in [0.3, 0.4) is 0 Å². The Kier molecular flexibility index (Phi) is 6.87. The number of rotatable bonds is 9. The molecule has 0 amide bonds. The fraction of sp³-hybridized carbons (Fsp3) is 0.333. The summed E-state index contributed by atoms with van der Waals surface area (Å²) in [6, 6.07) is 23.3. The predicted molar refractivity (Wildman–Crippen MR) is 135 cm³/mol. The second-order valence-corrected chi connectivity index (χ2v) is 9.45. The third-order valence-electron chi connectivity index (χ3n) is 6.90. The molecule has 5 rings (SSSR count). The van der Waals surface area contributed by atoms with E-state index in [4.69, 9.17) is 4.74 Å². The SMILES string of the molecule is O=C(Cc1ccc(C(=O)c2ccc(CCC3CC3)cc2)cc1)c1ccc(N2CCOCC2)cc1. The van der Waals surface area contributed by atoms with Crippen molar-refractivity contribution in [3.05, 3.63) is 101 Å². The maximum atomic E-state index is 12.9. The summed E-state index contributed by atoms with van der Waals surface area (Å²) in [5.41, 5.74) is 5.40. The molecule has 3 aromatic carbocycles. The van der Waals surface area contributed by atoms with Crippen molar-refractivity contribution in [1.29, 1.82) is 0 Å². The smallest absolute Gasteiger partial charge is 0.193 e. The lowest BCUT2D eigenvalue weighted by molar-refractivity contribution is 0.0992. The van der Waals surface area contributed by atoms with Gasteiger partial charge in [0.2, 0.25) is 0 Å². The topological polar surface area (TPSA) is 46.6 Å². The molecular weight excluding hydrogens is 422 g/mol. The van der Waals surface area contributed by atoms with Crippen molar-refractivity contribution >= 4 is 17.3 Å². The molecule has 3 aromatic rings. The number of Topliss-reactive ketones (excluding diaryl/α,β-unsaturated/α-hetero) is 1. The summed E-state index contributed by atoms with van der Waals surface area (Å²) in [6.45, 7) is 3.24. The Morgan fingerprint density at radius 1 is 0.735 bits per heavy atom. The molecule has 4 nitrogen and oxygen atoms in total. The normalized spacial score (nSPS) is 15.8. The highest BCUT2D eigenvalue weighted by Gasteiger charge is 2.20. The molecule has 1 aliphatic carbocycles. The second kappa shape index (κ2) is 10.4. The summed E-state index contributed by atoms with van der Waals surface area (Å²) in [7, 11) is 0. The van der Waals surface area contributed by atoms with E-state index in [1.807, 2.05) is 60.7 Å². The van der Waals surface area contributed by atoms with Crippen LogP contribution in [0.1, 0.15) is 56.7 Å². The van der Waals surface area contributed by atoms with E-state index in [1.165, 1.54) is 24.8 Å². The van der Waals surface area contributed by atoms with Gasteiger partial charge in [0.25, 0.3) is 0 Å². The number of anilines is 1. The first-order valence-electron chi connectivity index (χ1n) is 12.3. The Hall–Kier alpha value is -3.24. The molecule has 0 bridgehead atoms. The van der Waals surface area contributed by atoms with E-state index in [1.54, 1.807) is 0 Å². The van der Waals surface area contributed by atoms with Crippen LogP contribution in [0.4, 0.5) is 5.69 Å². The number of nitrogens with zero attached hydrogens (tertiary/aromatic N) is 1. The standard InChI is InChI=1S/C30H31NO3/c32-29(25-13-15-28(16-14-25)31-17-19-34-20-18-31)21-24-7-11-27(12-8-24)30(33)26-9-5-23(6-10-26)4-3-22-1-2-22/h5-16,22H,1-4,17-21H2. The monoisotopic (exact) mass is 453 g/mol. The molecule has 1 aliphatic heterocycles. The summed E-state index contributed by atoms with van der Waals surface area (Å²) in [6.07, 6.45) is 5.42. The summed E-state index contributed by atoms with van der Waals surface area (Å²) in [5, 5.41) is 0. The highest BCUT2D eigenvalue weighted by atomic mass is 16.5. The number of carbonyl (C=O) groups is 2. The maximum absolute atomic E-state index is 12.9. The third-order valence-corrected chi connectivity index (χ3v) is 6.90. The van der Waals surface area contributed by atoms with Gasteiger partial charge < -0.3 is 9.64 Å². The van der Waals surface area contributed by atoms with Crippen LogP contribution in [-0.2, 0) is 17.6 Å². The summed E-state index contributed by atoms with van der Waals surface area (Å²) >= 11 is 0. The van der Waals surface area contributed by atoms with Crippen molar-refractivity contribution in [2.45, 2.75) is 32.1 Å². The van der Waals surface area contributed by atoms with Gasteiger partial charge in [0.1, 0.15) is 0 Å². The molecule has 1 heterocycles. The molecule has 0 spiro atoms.